The third-order valence-corrected chi connectivity index (χ3v) is 8.04. The summed E-state index contributed by atoms with van der Waals surface area (Å²) < 4.78 is 48.0. The Morgan fingerprint density at radius 1 is 1.10 bits per heavy atom. The topological polar surface area (TPSA) is 142 Å². The molecule has 0 saturated carbocycles. The van der Waals surface area contributed by atoms with Crippen molar-refractivity contribution in [2.45, 2.75) is 37.6 Å². The largest absolute Gasteiger partial charge is 0.480 e. The van der Waals surface area contributed by atoms with E-state index in [4.69, 9.17) is 10.5 Å². The van der Waals surface area contributed by atoms with E-state index >= 15 is 0 Å². The highest BCUT2D eigenvalue weighted by molar-refractivity contribution is 5.83. The average Bonchev–Trinajstić information content (AvgIpc) is 3.58. The minimum atomic E-state index is -4.72. The van der Waals surface area contributed by atoms with E-state index in [1.54, 1.807) is 18.3 Å². The van der Waals surface area contributed by atoms with Gasteiger partial charge in [-0.2, -0.15) is 28.2 Å². The summed E-state index contributed by atoms with van der Waals surface area (Å²) in [6.07, 6.45) is -3.31. The Hall–Kier alpha value is -4.39. The Kier molecular flexibility index (Phi) is 6.68. The molecule has 2 aromatic carbocycles. The molecule has 2 aromatic heterocycles. The van der Waals surface area contributed by atoms with E-state index in [9.17, 15) is 23.1 Å². The minimum absolute atomic E-state index is 0.0794. The maximum Gasteiger partial charge on any atom is 0.429 e. The quantitative estimate of drug-likeness (QED) is 0.268. The summed E-state index contributed by atoms with van der Waals surface area (Å²) in [4.78, 5) is 21.4. The number of H-pyrrole nitrogens is 1. The van der Waals surface area contributed by atoms with Crippen molar-refractivity contribution in [1.82, 2.24) is 25.5 Å². The van der Waals surface area contributed by atoms with Gasteiger partial charge in [-0.3, -0.25) is 9.89 Å². The maximum atomic E-state index is 14.2. The number of carbonyl (C=O) groups is 1. The molecule has 2 fully saturated rings. The zero-order valence-corrected chi connectivity index (χ0v) is 21.9. The third-order valence-electron chi connectivity index (χ3n) is 8.04. The molecular formula is C28H28F3N7O3. The average molecular weight is 568 g/mol. The molecule has 214 valence electrons. The predicted molar refractivity (Wildman–Crippen MR) is 145 cm³/mol. The molecule has 13 heteroatoms. The summed E-state index contributed by atoms with van der Waals surface area (Å²) >= 11 is 0. The van der Waals surface area contributed by atoms with Crippen LogP contribution in [-0.4, -0.2) is 63.1 Å². The van der Waals surface area contributed by atoms with Crippen LogP contribution in [0.5, 0.6) is 5.88 Å². The molecule has 41 heavy (non-hydrogen) atoms. The van der Waals surface area contributed by atoms with Crippen LogP contribution in [0.1, 0.15) is 30.9 Å². The van der Waals surface area contributed by atoms with Crippen LogP contribution in [0.3, 0.4) is 0 Å². The minimum Gasteiger partial charge on any atom is -0.480 e. The number of alkyl halides is 3. The number of piperidine rings is 1. The van der Waals surface area contributed by atoms with Gasteiger partial charge < -0.3 is 25.8 Å². The summed E-state index contributed by atoms with van der Waals surface area (Å²) in [6.45, 7) is 1.72. The first-order valence-corrected chi connectivity index (χ1v) is 13.2. The normalized spacial score (nSPS) is 19.5. The number of hydrogen-bond donors (Lipinski definition) is 4. The number of nitrogens with one attached hydrogen (secondary N) is 2. The fourth-order valence-corrected chi connectivity index (χ4v) is 5.75. The van der Waals surface area contributed by atoms with E-state index in [0.717, 1.165) is 22.0 Å². The van der Waals surface area contributed by atoms with Gasteiger partial charge in [0.2, 0.25) is 17.9 Å². The zero-order valence-electron chi connectivity index (χ0n) is 21.9. The molecule has 4 aromatic rings. The summed E-state index contributed by atoms with van der Waals surface area (Å²) in [5, 5.41) is 20.2. The Morgan fingerprint density at radius 3 is 2.51 bits per heavy atom. The highest BCUT2D eigenvalue weighted by atomic mass is 19.4. The molecule has 0 amide bonds. The molecule has 10 nitrogen and oxygen atoms in total. The van der Waals surface area contributed by atoms with Gasteiger partial charge in [0.25, 0.3) is 0 Å². The maximum absolute atomic E-state index is 14.2. The van der Waals surface area contributed by atoms with Gasteiger partial charge in [-0.1, -0.05) is 36.4 Å². The number of nitrogens with two attached hydrogens (primary N) is 1. The van der Waals surface area contributed by atoms with Crippen LogP contribution < -0.4 is 20.7 Å². The van der Waals surface area contributed by atoms with Crippen molar-refractivity contribution in [3.05, 3.63) is 60.3 Å². The lowest BCUT2D eigenvalue weighted by Gasteiger charge is -2.39. The lowest BCUT2D eigenvalue weighted by Crippen LogP contribution is -2.41. The van der Waals surface area contributed by atoms with Gasteiger partial charge in [0, 0.05) is 36.7 Å². The molecule has 0 aliphatic carbocycles. The molecule has 6 rings (SSSR count). The highest BCUT2D eigenvalue weighted by Gasteiger charge is 2.45. The number of nitrogens with zero attached hydrogens (tertiary/aromatic N) is 4. The van der Waals surface area contributed by atoms with Crippen LogP contribution in [0.4, 0.5) is 24.9 Å². The van der Waals surface area contributed by atoms with Gasteiger partial charge >= 0.3 is 12.1 Å². The second-order valence-corrected chi connectivity index (χ2v) is 10.7. The summed E-state index contributed by atoms with van der Waals surface area (Å²) in [5.74, 6) is -0.971. The summed E-state index contributed by atoms with van der Waals surface area (Å²) in [7, 11) is 0. The number of aliphatic carboxylic acids is 1. The molecule has 2 aliphatic rings. The molecular weight excluding hydrogens is 539 g/mol. The van der Waals surface area contributed by atoms with E-state index in [2.05, 4.69) is 25.5 Å². The Labute approximate surface area is 232 Å². The summed E-state index contributed by atoms with van der Waals surface area (Å²) in [6, 6.07) is 12.5. The van der Waals surface area contributed by atoms with Crippen LogP contribution >= 0.6 is 0 Å². The van der Waals surface area contributed by atoms with Gasteiger partial charge in [0.1, 0.15) is 11.9 Å². The monoisotopic (exact) mass is 567 g/mol. The van der Waals surface area contributed by atoms with E-state index in [1.165, 1.54) is 18.2 Å². The third kappa shape index (κ3) is 5.49. The molecule has 5 N–H and O–H groups in total. The number of nitrogen functional groups attached to an aromatic ring is 1. The number of carboxylic acid groups (broad SMARTS) is 1. The molecule has 2 aliphatic heterocycles. The Bertz CT molecular complexity index is 1570. The number of hydrogen-bond acceptors (Lipinski definition) is 8. The van der Waals surface area contributed by atoms with Crippen LogP contribution in [0, 0.1) is 5.41 Å². The van der Waals surface area contributed by atoms with Crippen molar-refractivity contribution in [2.24, 2.45) is 5.41 Å². The van der Waals surface area contributed by atoms with E-state index < -0.39 is 24.3 Å². The smallest absolute Gasteiger partial charge is 0.429 e. The number of halogens is 3. The molecule has 4 heterocycles. The van der Waals surface area contributed by atoms with Crippen molar-refractivity contribution in [3.8, 4) is 17.0 Å². The Balaban J connectivity index is 1.19. The van der Waals surface area contributed by atoms with E-state index in [-0.39, 0.29) is 22.8 Å². The van der Waals surface area contributed by atoms with Crippen molar-refractivity contribution < 1.29 is 27.8 Å². The number of benzene rings is 2. The first-order valence-electron chi connectivity index (χ1n) is 13.2. The summed E-state index contributed by atoms with van der Waals surface area (Å²) in [5.41, 5.74) is 8.08. The van der Waals surface area contributed by atoms with Gasteiger partial charge in [-0.25, -0.2) is 0 Å². The molecule has 0 bridgehead atoms. The number of fused-ring (bicyclic) bond motifs is 1. The van der Waals surface area contributed by atoms with Crippen LogP contribution in [0.2, 0.25) is 0 Å². The number of rotatable bonds is 6. The van der Waals surface area contributed by atoms with Gasteiger partial charge in [0.15, 0.2) is 0 Å². The second kappa shape index (κ2) is 10.2. The van der Waals surface area contributed by atoms with Crippen LogP contribution in [-0.2, 0) is 4.79 Å². The number of carboxylic acids is 1. The molecule has 1 spiro atoms. The van der Waals surface area contributed by atoms with Crippen molar-refractivity contribution >= 4 is 28.6 Å². The zero-order chi connectivity index (χ0) is 28.8. The second-order valence-electron chi connectivity index (χ2n) is 10.7. The van der Waals surface area contributed by atoms with Crippen LogP contribution in [0.25, 0.3) is 22.0 Å². The van der Waals surface area contributed by atoms with E-state index in [1.807, 2.05) is 23.1 Å². The Morgan fingerprint density at radius 2 is 1.83 bits per heavy atom. The number of ether oxygens (including phenoxy) is 1. The van der Waals surface area contributed by atoms with Crippen LogP contribution in [0.15, 0.2) is 54.7 Å². The van der Waals surface area contributed by atoms with Gasteiger partial charge in [0.05, 0.1) is 11.7 Å². The SMILES string of the molecule is Nc1nc(O[C@H](c2ccc(-c3ccc4cn[nH]c4c3)cc2)C(F)(F)F)cc(N2CCC3(CC2)CNC(C(=O)O)C3)n1. The lowest BCUT2D eigenvalue weighted by molar-refractivity contribution is -0.198. The van der Waals surface area contributed by atoms with Crippen molar-refractivity contribution in [3.63, 3.8) is 0 Å². The number of aromatic nitrogens is 4. The molecule has 2 saturated heterocycles. The van der Waals surface area contributed by atoms with Crippen molar-refractivity contribution in [2.75, 3.05) is 30.3 Å². The molecule has 0 radical (unpaired) electrons. The fraction of sp³-hybridized carbons (Fsp3) is 0.357. The lowest BCUT2D eigenvalue weighted by atomic mass is 9.76. The first-order chi connectivity index (χ1) is 19.6. The van der Waals surface area contributed by atoms with Crippen molar-refractivity contribution in [1.29, 1.82) is 0 Å². The van der Waals surface area contributed by atoms with Gasteiger partial charge in [-0.05, 0) is 41.9 Å². The molecule has 1 unspecified atom stereocenters. The predicted octanol–water partition coefficient (Wildman–Crippen LogP) is 4.32. The van der Waals surface area contributed by atoms with E-state index in [0.29, 0.717) is 44.7 Å². The standard InChI is InChI=1S/C28H28F3N7O3/c29-28(30,31)24(17-3-1-16(2-4-17)18-5-6-19-14-34-37-20(19)11-18)41-23-12-22(35-26(32)36-23)38-9-7-27(8-10-38)13-21(25(39)40)33-15-27/h1-6,11-12,14,21,24,33H,7-10,13,15H2,(H,34,37)(H,39,40)(H2,32,35,36)/t21?,24-/m1/s1. The highest BCUT2D eigenvalue weighted by Crippen LogP contribution is 2.41. The van der Waals surface area contributed by atoms with Gasteiger partial charge in [-0.15, -0.1) is 0 Å². The fourth-order valence-electron chi connectivity index (χ4n) is 5.75. The number of aromatic amines is 1. The first kappa shape index (κ1) is 26.8. The number of anilines is 2. The molecule has 2 atom stereocenters.